The maximum Gasteiger partial charge on any atom is 0.326 e. The van der Waals surface area contributed by atoms with Crippen molar-refractivity contribution in [3.63, 3.8) is 0 Å². The topological polar surface area (TPSA) is 47.0 Å². The monoisotopic (exact) mass is 314 g/mol. The number of hydrogen-bond donors (Lipinski definition) is 1. The summed E-state index contributed by atoms with van der Waals surface area (Å²) < 4.78 is 7.79. The van der Waals surface area contributed by atoms with Crippen LogP contribution in [-0.4, -0.2) is 15.7 Å². The van der Waals surface area contributed by atoms with Gasteiger partial charge in [-0.15, -0.1) is 0 Å². The minimum absolute atomic E-state index is 0.0135. The Morgan fingerprint density at radius 3 is 2.65 bits per heavy atom. The van der Waals surface area contributed by atoms with E-state index < -0.39 is 0 Å². The van der Waals surface area contributed by atoms with E-state index in [1.165, 1.54) is 19.3 Å². The Kier molecular flexibility index (Phi) is 4.60. The van der Waals surface area contributed by atoms with Gasteiger partial charge in [-0.1, -0.05) is 31.4 Å². The molecule has 1 aliphatic rings. The number of aryl methyl sites for hydroxylation is 1. The van der Waals surface area contributed by atoms with Gasteiger partial charge in [0.25, 0.3) is 0 Å². The first kappa shape index (κ1) is 15.9. The molecule has 1 aliphatic carbocycles. The van der Waals surface area contributed by atoms with Crippen molar-refractivity contribution in [3.8, 4) is 17.0 Å². The molecule has 1 fully saturated rings. The zero-order chi connectivity index (χ0) is 16.4. The summed E-state index contributed by atoms with van der Waals surface area (Å²) in [7, 11) is 0. The van der Waals surface area contributed by atoms with Crippen molar-refractivity contribution in [1.29, 1.82) is 0 Å². The molecule has 4 heteroatoms. The molecule has 0 atom stereocenters. The van der Waals surface area contributed by atoms with Crippen molar-refractivity contribution in [3.05, 3.63) is 40.4 Å². The fraction of sp³-hybridized carbons (Fsp3) is 0.526. The van der Waals surface area contributed by atoms with Crippen LogP contribution in [0.5, 0.6) is 5.75 Å². The number of nitrogens with one attached hydrogen (secondary N) is 1. The third kappa shape index (κ3) is 3.36. The maximum absolute atomic E-state index is 12.5. The van der Waals surface area contributed by atoms with E-state index in [1.807, 2.05) is 43.5 Å². The second kappa shape index (κ2) is 6.65. The molecule has 0 amide bonds. The Bertz CT molecular complexity index is 721. The number of aromatic amines is 1. The quantitative estimate of drug-likeness (QED) is 0.906. The van der Waals surface area contributed by atoms with Crippen molar-refractivity contribution in [2.24, 2.45) is 0 Å². The SMILES string of the molecule is Cc1[nH]c(=O)n(C2CCCCC2)c1-c1cccc(OC(C)C)c1. The highest BCUT2D eigenvalue weighted by Gasteiger charge is 2.22. The Morgan fingerprint density at radius 2 is 1.96 bits per heavy atom. The lowest BCUT2D eigenvalue weighted by molar-refractivity contribution is 0.242. The lowest BCUT2D eigenvalue weighted by atomic mass is 9.94. The highest BCUT2D eigenvalue weighted by Crippen LogP contribution is 2.33. The third-order valence-corrected chi connectivity index (χ3v) is 4.53. The van der Waals surface area contributed by atoms with Crippen LogP contribution in [-0.2, 0) is 0 Å². The molecule has 2 aromatic rings. The fourth-order valence-corrected chi connectivity index (χ4v) is 3.59. The summed E-state index contributed by atoms with van der Waals surface area (Å²) in [6.45, 7) is 6.02. The Labute approximate surface area is 137 Å². The second-order valence-corrected chi connectivity index (χ2v) is 6.76. The summed E-state index contributed by atoms with van der Waals surface area (Å²) >= 11 is 0. The van der Waals surface area contributed by atoms with Crippen molar-refractivity contribution in [2.75, 3.05) is 0 Å². The van der Waals surface area contributed by atoms with Crippen molar-refractivity contribution in [1.82, 2.24) is 9.55 Å². The Hall–Kier alpha value is -1.97. The molecule has 0 bridgehead atoms. The molecular formula is C19H26N2O2. The number of benzene rings is 1. The Morgan fingerprint density at radius 1 is 1.22 bits per heavy atom. The van der Waals surface area contributed by atoms with Crippen LogP contribution in [0, 0.1) is 6.92 Å². The lowest BCUT2D eigenvalue weighted by Crippen LogP contribution is -2.24. The van der Waals surface area contributed by atoms with E-state index in [0.29, 0.717) is 6.04 Å². The van der Waals surface area contributed by atoms with E-state index in [1.54, 1.807) is 0 Å². The molecule has 3 rings (SSSR count). The van der Waals surface area contributed by atoms with Gasteiger partial charge in [-0.05, 0) is 45.7 Å². The molecule has 124 valence electrons. The number of H-pyrrole nitrogens is 1. The number of imidazole rings is 1. The van der Waals surface area contributed by atoms with Gasteiger partial charge in [0, 0.05) is 17.3 Å². The van der Waals surface area contributed by atoms with Crippen LogP contribution in [0.4, 0.5) is 0 Å². The second-order valence-electron chi connectivity index (χ2n) is 6.76. The standard InChI is InChI=1S/C19H26N2O2/c1-13(2)23-17-11-7-8-15(12-17)18-14(3)20-19(22)21(18)16-9-5-4-6-10-16/h7-8,11-13,16H,4-6,9-10H2,1-3H3,(H,20,22). The minimum atomic E-state index is 0.0135. The first-order valence-electron chi connectivity index (χ1n) is 8.64. The summed E-state index contributed by atoms with van der Waals surface area (Å²) in [6.07, 6.45) is 6.01. The van der Waals surface area contributed by atoms with Gasteiger partial charge >= 0.3 is 5.69 Å². The number of rotatable bonds is 4. The number of hydrogen-bond acceptors (Lipinski definition) is 2. The molecule has 1 saturated carbocycles. The summed E-state index contributed by atoms with van der Waals surface area (Å²) in [5.74, 6) is 0.848. The van der Waals surface area contributed by atoms with Crippen LogP contribution < -0.4 is 10.4 Å². The molecular weight excluding hydrogens is 288 g/mol. The molecule has 1 aromatic heterocycles. The summed E-state index contributed by atoms with van der Waals surface area (Å²) in [5.41, 5.74) is 3.00. The van der Waals surface area contributed by atoms with Gasteiger partial charge in [0.2, 0.25) is 0 Å². The highest BCUT2D eigenvalue weighted by molar-refractivity contribution is 5.64. The molecule has 0 aliphatic heterocycles. The van der Waals surface area contributed by atoms with Gasteiger partial charge in [0.1, 0.15) is 5.75 Å². The lowest BCUT2D eigenvalue weighted by Gasteiger charge is -2.24. The van der Waals surface area contributed by atoms with E-state index in [4.69, 9.17) is 4.74 Å². The van der Waals surface area contributed by atoms with E-state index in [9.17, 15) is 4.79 Å². The average Bonchev–Trinajstić information content (AvgIpc) is 2.82. The van der Waals surface area contributed by atoms with E-state index in [0.717, 1.165) is 35.5 Å². The number of nitrogens with zero attached hydrogens (tertiary/aromatic N) is 1. The van der Waals surface area contributed by atoms with Crippen molar-refractivity contribution in [2.45, 2.75) is 65.0 Å². The van der Waals surface area contributed by atoms with Gasteiger partial charge in [-0.2, -0.15) is 0 Å². The number of aromatic nitrogens is 2. The third-order valence-electron chi connectivity index (χ3n) is 4.53. The van der Waals surface area contributed by atoms with Crippen molar-refractivity contribution >= 4 is 0 Å². The minimum Gasteiger partial charge on any atom is -0.491 e. The fourth-order valence-electron chi connectivity index (χ4n) is 3.59. The van der Waals surface area contributed by atoms with Gasteiger partial charge in [-0.25, -0.2) is 4.79 Å². The summed E-state index contributed by atoms with van der Waals surface area (Å²) in [6, 6.07) is 8.37. The van der Waals surface area contributed by atoms with Crippen LogP contribution in [0.15, 0.2) is 29.1 Å². The molecule has 0 saturated heterocycles. The zero-order valence-corrected chi connectivity index (χ0v) is 14.3. The van der Waals surface area contributed by atoms with Crippen molar-refractivity contribution < 1.29 is 4.74 Å². The van der Waals surface area contributed by atoms with Gasteiger partial charge in [0.15, 0.2) is 0 Å². The van der Waals surface area contributed by atoms with Gasteiger partial charge in [-0.3, -0.25) is 4.57 Å². The molecule has 0 unspecified atom stereocenters. The number of ether oxygens (including phenoxy) is 1. The predicted molar refractivity (Wildman–Crippen MR) is 93.1 cm³/mol. The average molecular weight is 314 g/mol. The maximum atomic E-state index is 12.5. The molecule has 1 aromatic carbocycles. The predicted octanol–water partition coefficient (Wildman–Crippen LogP) is 4.44. The van der Waals surface area contributed by atoms with E-state index in [-0.39, 0.29) is 11.8 Å². The van der Waals surface area contributed by atoms with Crippen LogP contribution in [0.2, 0.25) is 0 Å². The van der Waals surface area contributed by atoms with Gasteiger partial charge in [0.05, 0.1) is 11.8 Å². The Balaban J connectivity index is 2.04. The van der Waals surface area contributed by atoms with Crippen LogP contribution >= 0.6 is 0 Å². The van der Waals surface area contributed by atoms with Crippen LogP contribution in [0.3, 0.4) is 0 Å². The first-order valence-corrected chi connectivity index (χ1v) is 8.64. The summed E-state index contributed by atoms with van der Waals surface area (Å²) in [4.78, 5) is 15.5. The molecule has 1 heterocycles. The summed E-state index contributed by atoms with van der Waals surface area (Å²) in [5, 5.41) is 0. The molecule has 4 nitrogen and oxygen atoms in total. The van der Waals surface area contributed by atoms with Crippen LogP contribution in [0.1, 0.15) is 57.7 Å². The molecule has 23 heavy (non-hydrogen) atoms. The highest BCUT2D eigenvalue weighted by atomic mass is 16.5. The van der Waals surface area contributed by atoms with Gasteiger partial charge < -0.3 is 9.72 Å². The molecule has 1 N–H and O–H groups in total. The molecule has 0 radical (unpaired) electrons. The largest absolute Gasteiger partial charge is 0.491 e. The van der Waals surface area contributed by atoms with Crippen LogP contribution in [0.25, 0.3) is 11.3 Å². The van der Waals surface area contributed by atoms with E-state index >= 15 is 0 Å². The first-order chi connectivity index (χ1) is 11.1. The molecule has 0 spiro atoms. The smallest absolute Gasteiger partial charge is 0.326 e. The normalized spacial score (nSPS) is 16.0. The zero-order valence-electron chi connectivity index (χ0n) is 14.3. The van der Waals surface area contributed by atoms with E-state index in [2.05, 4.69) is 11.1 Å².